The molecule has 0 aliphatic carbocycles. The van der Waals surface area contributed by atoms with Gasteiger partial charge in [0.25, 0.3) is 0 Å². The molecule has 7 heteroatoms. The van der Waals surface area contributed by atoms with Crippen molar-refractivity contribution < 1.29 is 19.1 Å². The summed E-state index contributed by atoms with van der Waals surface area (Å²) in [4.78, 5) is 37.2. The van der Waals surface area contributed by atoms with Crippen molar-refractivity contribution in [3.05, 3.63) is 0 Å². The molecule has 7 nitrogen and oxygen atoms in total. The second-order valence-corrected chi connectivity index (χ2v) is 5.01. The van der Waals surface area contributed by atoms with Crippen molar-refractivity contribution in [3.63, 3.8) is 0 Å². The largest absolute Gasteiger partial charge is 0.381 e. The van der Waals surface area contributed by atoms with E-state index in [0.29, 0.717) is 45.8 Å². The molecule has 120 valence electrons. The van der Waals surface area contributed by atoms with Gasteiger partial charge in [-0.25, -0.2) is 0 Å². The van der Waals surface area contributed by atoms with Crippen molar-refractivity contribution in [2.24, 2.45) is 0 Å². The zero-order chi connectivity index (χ0) is 15.5. The summed E-state index contributed by atoms with van der Waals surface area (Å²) < 4.78 is 5.37. The van der Waals surface area contributed by atoms with Crippen LogP contribution in [0.2, 0.25) is 0 Å². The summed E-state index contributed by atoms with van der Waals surface area (Å²) in [5.74, 6) is -1.10. The number of ether oxygens (including phenoxy) is 1. The highest BCUT2D eigenvalue weighted by molar-refractivity contribution is 6.35. The van der Waals surface area contributed by atoms with Gasteiger partial charge >= 0.3 is 11.8 Å². The molecule has 0 bridgehead atoms. The molecular weight excluding hydrogens is 274 g/mol. The lowest BCUT2D eigenvalue weighted by Crippen LogP contribution is -2.52. The van der Waals surface area contributed by atoms with E-state index in [1.807, 2.05) is 0 Å². The summed E-state index contributed by atoms with van der Waals surface area (Å²) in [5, 5.41) is 2.60. The lowest BCUT2D eigenvalue weighted by atomic mass is 10.3. The third kappa shape index (κ3) is 6.57. The van der Waals surface area contributed by atoms with Gasteiger partial charge in [0.1, 0.15) is 0 Å². The smallest absolute Gasteiger partial charge is 0.312 e. The summed E-state index contributed by atoms with van der Waals surface area (Å²) in [6, 6.07) is 0. The standard InChI is InChI=1S/C14H25N3O4/c1-2-3-10-21-11-4-5-15-13(19)14(20)17-8-6-16(12-18)7-9-17/h12H,2-11H2,1H3,(H,15,19). The zero-order valence-electron chi connectivity index (χ0n) is 12.7. The number of nitrogens with one attached hydrogen (secondary N) is 1. The monoisotopic (exact) mass is 299 g/mol. The molecule has 21 heavy (non-hydrogen) atoms. The minimum Gasteiger partial charge on any atom is -0.381 e. The molecule has 1 aliphatic rings. The first kappa shape index (κ1) is 17.4. The molecule has 1 fully saturated rings. The van der Waals surface area contributed by atoms with Gasteiger partial charge in [-0.15, -0.1) is 0 Å². The van der Waals surface area contributed by atoms with Crippen LogP contribution in [0.1, 0.15) is 26.2 Å². The number of carbonyl (C=O) groups excluding carboxylic acids is 3. The highest BCUT2D eigenvalue weighted by atomic mass is 16.5. The van der Waals surface area contributed by atoms with Crippen molar-refractivity contribution in [1.82, 2.24) is 15.1 Å². The van der Waals surface area contributed by atoms with E-state index < -0.39 is 11.8 Å². The van der Waals surface area contributed by atoms with E-state index in [0.717, 1.165) is 25.9 Å². The summed E-state index contributed by atoms with van der Waals surface area (Å²) >= 11 is 0. The fourth-order valence-electron chi connectivity index (χ4n) is 1.97. The highest BCUT2D eigenvalue weighted by Gasteiger charge is 2.24. The molecule has 1 heterocycles. The van der Waals surface area contributed by atoms with Gasteiger partial charge in [0.15, 0.2) is 0 Å². The molecule has 0 atom stereocenters. The lowest BCUT2D eigenvalue weighted by Gasteiger charge is -2.31. The topological polar surface area (TPSA) is 79.0 Å². The van der Waals surface area contributed by atoms with E-state index >= 15 is 0 Å². The second-order valence-electron chi connectivity index (χ2n) is 5.01. The number of carbonyl (C=O) groups is 3. The van der Waals surface area contributed by atoms with Crippen molar-refractivity contribution >= 4 is 18.2 Å². The highest BCUT2D eigenvalue weighted by Crippen LogP contribution is 2.00. The van der Waals surface area contributed by atoms with Crippen molar-refractivity contribution in [2.45, 2.75) is 26.2 Å². The molecule has 1 N–H and O–H groups in total. The Morgan fingerprint density at radius 2 is 1.81 bits per heavy atom. The van der Waals surface area contributed by atoms with E-state index in [9.17, 15) is 14.4 Å². The van der Waals surface area contributed by atoms with Gasteiger partial charge in [0, 0.05) is 45.9 Å². The molecule has 0 aromatic carbocycles. The van der Waals surface area contributed by atoms with Gasteiger partial charge in [-0.3, -0.25) is 14.4 Å². The first-order chi connectivity index (χ1) is 10.2. The first-order valence-electron chi connectivity index (χ1n) is 7.53. The number of hydrogen-bond acceptors (Lipinski definition) is 4. The van der Waals surface area contributed by atoms with Crippen LogP contribution in [0.5, 0.6) is 0 Å². The van der Waals surface area contributed by atoms with Gasteiger partial charge in [-0.2, -0.15) is 0 Å². The van der Waals surface area contributed by atoms with Crippen molar-refractivity contribution in [3.8, 4) is 0 Å². The van der Waals surface area contributed by atoms with Crippen LogP contribution in [0, 0.1) is 0 Å². The van der Waals surface area contributed by atoms with E-state index in [-0.39, 0.29) is 0 Å². The zero-order valence-corrected chi connectivity index (χ0v) is 12.7. The van der Waals surface area contributed by atoms with Crippen LogP contribution in [-0.4, -0.2) is 74.0 Å². The lowest BCUT2D eigenvalue weighted by molar-refractivity contribution is -0.147. The van der Waals surface area contributed by atoms with E-state index in [4.69, 9.17) is 4.74 Å². The number of piperazine rings is 1. The van der Waals surface area contributed by atoms with Crippen LogP contribution in [0.15, 0.2) is 0 Å². The molecule has 1 saturated heterocycles. The quantitative estimate of drug-likeness (QED) is 0.376. The third-order valence-corrected chi connectivity index (χ3v) is 3.34. The second kappa shape index (κ2) is 10.1. The average molecular weight is 299 g/mol. The van der Waals surface area contributed by atoms with Crippen LogP contribution in [0.4, 0.5) is 0 Å². The molecular formula is C14H25N3O4. The van der Waals surface area contributed by atoms with Gasteiger partial charge < -0.3 is 19.9 Å². The summed E-state index contributed by atoms with van der Waals surface area (Å²) in [6.07, 6.45) is 3.60. The first-order valence-corrected chi connectivity index (χ1v) is 7.53. The molecule has 1 aliphatic heterocycles. The Kier molecular flexibility index (Phi) is 8.42. The number of unbranched alkanes of at least 4 members (excludes halogenated alkanes) is 1. The molecule has 0 radical (unpaired) electrons. The predicted molar refractivity (Wildman–Crippen MR) is 77.6 cm³/mol. The summed E-state index contributed by atoms with van der Waals surface area (Å²) in [5.41, 5.74) is 0. The third-order valence-electron chi connectivity index (χ3n) is 3.34. The number of hydrogen-bond donors (Lipinski definition) is 1. The van der Waals surface area contributed by atoms with E-state index in [1.54, 1.807) is 4.90 Å². The van der Waals surface area contributed by atoms with Gasteiger partial charge in [-0.05, 0) is 12.8 Å². The maximum Gasteiger partial charge on any atom is 0.312 e. The normalized spacial score (nSPS) is 14.9. The van der Waals surface area contributed by atoms with Gasteiger partial charge in [0.05, 0.1) is 0 Å². The molecule has 0 aromatic rings. The van der Waals surface area contributed by atoms with Crippen LogP contribution in [0.25, 0.3) is 0 Å². The Morgan fingerprint density at radius 1 is 1.14 bits per heavy atom. The summed E-state index contributed by atoms with van der Waals surface area (Å²) in [7, 11) is 0. The number of amides is 3. The Morgan fingerprint density at radius 3 is 2.43 bits per heavy atom. The number of rotatable bonds is 8. The van der Waals surface area contributed by atoms with Gasteiger partial charge in [0.2, 0.25) is 6.41 Å². The Bertz CT molecular complexity index is 341. The minimum absolute atomic E-state index is 0.408. The fourth-order valence-corrected chi connectivity index (χ4v) is 1.97. The Labute approximate surface area is 125 Å². The average Bonchev–Trinajstić information content (AvgIpc) is 2.53. The van der Waals surface area contributed by atoms with Crippen molar-refractivity contribution in [2.75, 3.05) is 45.9 Å². The maximum atomic E-state index is 11.9. The molecule has 0 saturated carbocycles. The van der Waals surface area contributed by atoms with Crippen LogP contribution >= 0.6 is 0 Å². The molecule has 0 spiro atoms. The SMILES string of the molecule is CCCCOCCCNC(=O)C(=O)N1CCN(C=O)CC1. The van der Waals surface area contributed by atoms with Gasteiger partial charge in [-0.1, -0.05) is 13.3 Å². The molecule has 0 aromatic heterocycles. The number of nitrogens with zero attached hydrogens (tertiary/aromatic N) is 2. The predicted octanol–water partition coefficient (Wildman–Crippen LogP) is -0.390. The molecule has 0 unspecified atom stereocenters. The van der Waals surface area contributed by atoms with Crippen LogP contribution < -0.4 is 5.32 Å². The van der Waals surface area contributed by atoms with Crippen molar-refractivity contribution in [1.29, 1.82) is 0 Å². The van der Waals surface area contributed by atoms with E-state index in [1.165, 1.54) is 4.90 Å². The van der Waals surface area contributed by atoms with Crippen LogP contribution in [0.3, 0.4) is 0 Å². The van der Waals surface area contributed by atoms with Crippen LogP contribution in [-0.2, 0) is 19.1 Å². The Hall–Kier alpha value is -1.63. The Balaban J connectivity index is 2.11. The molecule has 3 amide bonds. The van der Waals surface area contributed by atoms with E-state index in [2.05, 4.69) is 12.2 Å². The maximum absolute atomic E-state index is 11.9. The minimum atomic E-state index is -0.580. The molecule has 1 rings (SSSR count). The summed E-state index contributed by atoms with van der Waals surface area (Å²) in [6.45, 7) is 5.64. The fraction of sp³-hybridized carbons (Fsp3) is 0.786.